The van der Waals surface area contributed by atoms with Crippen molar-refractivity contribution in [1.29, 1.82) is 0 Å². The SMILES string of the molecule is NC1COc2ccc(F)cc2C1. The lowest BCUT2D eigenvalue weighted by molar-refractivity contribution is 0.263. The molecule has 12 heavy (non-hydrogen) atoms. The number of halogens is 1. The van der Waals surface area contributed by atoms with E-state index >= 15 is 0 Å². The number of fused-ring (bicyclic) bond motifs is 1. The molecule has 1 aliphatic rings. The minimum absolute atomic E-state index is 0.000648. The topological polar surface area (TPSA) is 35.2 Å². The van der Waals surface area contributed by atoms with Crippen LogP contribution < -0.4 is 10.5 Å². The van der Waals surface area contributed by atoms with Gasteiger partial charge in [0, 0.05) is 6.04 Å². The summed E-state index contributed by atoms with van der Waals surface area (Å²) >= 11 is 0. The Morgan fingerprint density at radius 1 is 1.50 bits per heavy atom. The Morgan fingerprint density at radius 3 is 3.17 bits per heavy atom. The average molecular weight is 167 g/mol. The van der Waals surface area contributed by atoms with Crippen LogP contribution in [0.1, 0.15) is 5.56 Å². The maximum Gasteiger partial charge on any atom is 0.123 e. The molecule has 1 heterocycles. The molecule has 0 fully saturated rings. The van der Waals surface area contributed by atoms with Gasteiger partial charge in [0.05, 0.1) is 0 Å². The van der Waals surface area contributed by atoms with Crippen LogP contribution in [-0.2, 0) is 6.42 Å². The second-order valence-corrected chi connectivity index (χ2v) is 3.03. The third kappa shape index (κ3) is 1.28. The summed E-state index contributed by atoms with van der Waals surface area (Å²) in [5.74, 6) is 0.532. The van der Waals surface area contributed by atoms with Crippen LogP contribution >= 0.6 is 0 Å². The van der Waals surface area contributed by atoms with Gasteiger partial charge in [0.25, 0.3) is 0 Å². The highest BCUT2D eigenvalue weighted by molar-refractivity contribution is 5.36. The van der Waals surface area contributed by atoms with E-state index in [-0.39, 0.29) is 11.9 Å². The van der Waals surface area contributed by atoms with Crippen LogP contribution in [-0.4, -0.2) is 12.6 Å². The highest BCUT2D eigenvalue weighted by atomic mass is 19.1. The standard InChI is InChI=1S/C9H10FNO/c10-7-1-2-9-6(3-7)4-8(11)5-12-9/h1-3,8H,4-5,11H2. The first-order valence-corrected chi connectivity index (χ1v) is 3.92. The molecule has 1 aromatic carbocycles. The van der Waals surface area contributed by atoms with Crippen molar-refractivity contribution >= 4 is 0 Å². The molecule has 0 amide bonds. The zero-order valence-electron chi connectivity index (χ0n) is 6.59. The van der Waals surface area contributed by atoms with E-state index in [2.05, 4.69) is 0 Å². The van der Waals surface area contributed by atoms with E-state index in [4.69, 9.17) is 10.5 Å². The largest absolute Gasteiger partial charge is 0.492 e. The van der Waals surface area contributed by atoms with Gasteiger partial charge in [0.1, 0.15) is 18.2 Å². The molecule has 0 aromatic heterocycles. The lowest BCUT2D eigenvalue weighted by atomic mass is 10.0. The molecule has 2 nitrogen and oxygen atoms in total. The van der Waals surface area contributed by atoms with Gasteiger partial charge in [0.15, 0.2) is 0 Å². The molecule has 64 valence electrons. The first-order valence-electron chi connectivity index (χ1n) is 3.92. The van der Waals surface area contributed by atoms with Crippen LogP contribution in [0, 0.1) is 5.82 Å². The molecule has 3 heteroatoms. The van der Waals surface area contributed by atoms with Gasteiger partial charge in [-0.05, 0) is 30.2 Å². The zero-order chi connectivity index (χ0) is 8.55. The van der Waals surface area contributed by atoms with Gasteiger partial charge in [-0.2, -0.15) is 0 Å². The summed E-state index contributed by atoms with van der Waals surface area (Å²) in [6.07, 6.45) is 0.701. The van der Waals surface area contributed by atoms with Crippen molar-refractivity contribution in [2.75, 3.05) is 6.61 Å². The van der Waals surface area contributed by atoms with Crippen molar-refractivity contribution in [3.8, 4) is 5.75 Å². The summed E-state index contributed by atoms with van der Waals surface area (Å²) in [6.45, 7) is 0.526. The summed E-state index contributed by atoms with van der Waals surface area (Å²) < 4.78 is 18.0. The minimum atomic E-state index is -0.230. The van der Waals surface area contributed by atoms with Crippen LogP contribution in [0.4, 0.5) is 4.39 Å². The molecular weight excluding hydrogens is 157 g/mol. The Morgan fingerprint density at radius 2 is 2.33 bits per heavy atom. The van der Waals surface area contributed by atoms with Crippen LogP contribution in [0.2, 0.25) is 0 Å². The van der Waals surface area contributed by atoms with Gasteiger partial charge in [-0.15, -0.1) is 0 Å². The second kappa shape index (κ2) is 2.75. The number of rotatable bonds is 0. The van der Waals surface area contributed by atoms with Crippen LogP contribution in [0.3, 0.4) is 0 Å². The molecule has 0 radical (unpaired) electrons. The first kappa shape index (κ1) is 7.55. The van der Waals surface area contributed by atoms with Crippen molar-refractivity contribution in [1.82, 2.24) is 0 Å². The summed E-state index contributed by atoms with van der Waals surface area (Å²) in [6, 6.07) is 4.53. The molecule has 0 saturated carbocycles. The minimum Gasteiger partial charge on any atom is -0.492 e. The van der Waals surface area contributed by atoms with E-state index in [9.17, 15) is 4.39 Å². The Kier molecular flexibility index (Phi) is 1.73. The Bertz CT molecular complexity index is 301. The predicted molar refractivity (Wildman–Crippen MR) is 43.6 cm³/mol. The molecule has 0 saturated heterocycles. The van der Waals surface area contributed by atoms with Crippen molar-refractivity contribution in [2.24, 2.45) is 5.73 Å². The third-order valence-electron chi connectivity index (χ3n) is 1.96. The lowest BCUT2D eigenvalue weighted by Gasteiger charge is -2.21. The van der Waals surface area contributed by atoms with Gasteiger partial charge < -0.3 is 10.5 Å². The predicted octanol–water partition coefficient (Wildman–Crippen LogP) is 1.09. The molecule has 1 unspecified atom stereocenters. The van der Waals surface area contributed by atoms with E-state index in [0.29, 0.717) is 13.0 Å². The zero-order valence-corrected chi connectivity index (χ0v) is 6.59. The monoisotopic (exact) mass is 167 g/mol. The smallest absolute Gasteiger partial charge is 0.123 e. The number of benzene rings is 1. The first-order chi connectivity index (χ1) is 5.75. The molecule has 1 aromatic rings. The van der Waals surface area contributed by atoms with E-state index in [1.54, 1.807) is 6.07 Å². The Hall–Kier alpha value is -1.09. The van der Waals surface area contributed by atoms with Crippen molar-refractivity contribution in [3.05, 3.63) is 29.6 Å². The number of hydrogen-bond donors (Lipinski definition) is 1. The van der Waals surface area contributed by atoms with Gasteiger partial charge in [-0.3, -0.25) is 0 Å². The van der Waals surface area contributed by atoms with Crippen LogP contribution in [0.5, 0.6) is 5.75 Å². The van der Waals surface area contributed by atoms with Crippen molar-refractivity contribution in [2.45, 2.75) is 12.5 Å². The molecule has 1 aliphatic heterocycles. The molecule has 0 spiro atoms. The fourth-order valence-corrected chi connectivity index (χ4v) is 1.39. The molecule has 0 aliphatic carbocycles. The fourth-order valence-electron chi connectivity index (χ4n) is 1.39. The van der Waals surface area contributed by atoms with Crippen molar-refractivity contribution in [3.63, 3.8) is 0 Å². The van der Waals surface area contributed by atoms with E-state index in [0.717, 1.165) is 11.3 Å². The molecule has 0 bridgehead atoms. The number of hydrogen-bond acceptors (Lipinski definition) is 2. The molecule has 2 N–H and O–H groups in total. The maximum atomic E-state index is 12.7. The van der Waals surface area contributed by atoms with Crippen molar-refractivity contribution < 1.29 is 9.13 Å². The maximum absolute atomic E-state index is 12.7. The average Bonchev–Trinajstić information content (AvgIpc) is 2.03. The Labute approximate surface area is 70.1 Å². The number of nitrogens with two attached hydrogens (primary N) is 1. The van der Waals surface area contributed by atoms with E-state index in [1.165, 1.54) is 12.1 Å². The molecule has 1 atom stereocenters. The summed E-state index contributed by atoms with van der Waals surface area (Å²) in [7, 11) is 0. The van der Waals surface area contributed by atoms with Gasteiger partial charge >= 0.3 is 0 Å². The third-order valence-corrected chi connectivity index (χ3v) is 1.96. The number of ether oxygens (including phenoxy) is 1. The molecular formula is C9H10FNO. The van der Waals surface area contributed by atoms with Gasteiger partial charge in [0.2, 0.25) is 0 Å². The summed E-state index contributed by atoms with van der Waals surface area (Å²) in [5.41, 5.74) is 6.52. The van der Waals surface area contributed by atoms with Gasteiger partial charge in [-0.25, -0.2) is 4.39 Å². The molecule has 2 rings (SSSR count). The fraction of sp³-hybridized carbons (Fsp3) is 0.333. The van der Waals surface area contributed by atoms with E-state index < -0.39 is 0 Å². The second-order valence-electron chi connectivity index (χ2n) is 3.03. The summed E-state index contributed by atoms with van der Waals surface area (Å²) in [5, 5.41) is 0. The summed E-state index contributed by atoms with van der Waals surface area (Å²) in [4.78, 5) is 0. The van der Waals surface area contributed by atoms with Gasteiger partial charge in [-0.1, -0.05) is 0 Å². The van der Waals surface area contributed by atoms with Crippen LogP contribution in [0.15, 0.2) is 18.2 Å². The highest BCUT2D eigenvalue weighted by Crippen LogP contribution is 2.24. The highest BCUT2D eigenvalue weighted by Gasteiger charge is 2.16. The normalized spacial score (nSPS) is 21.3. The quantitative estimate of drug-likeness (QED) is 0.627. The van der Waals surface area contributed by atoms with E-state index in [1.807, 2.05) is 0 Å². The van der Waals surface area contributed by atoms with Crippen LogP contribution in [0.25, 0.3) is 0 Å². The Balaban J connectivity index is 2.37. The lowest BCUT2D eigenvalue weighted by Crippen LogP contribution is -2.33.